The molecule has 30 heavy (non-hydrogen) atoms. The third kappa shape index (κ3) is 5.22. The van der Waals surface area contributed by atoms with Gasteiger partial charge in [-0.15, -0.1) is 11.3 Å². The van der Waals surface area contributed by atoms with Crippen molar-refractivity contribution in [2.75, 3.05) is 14.2 Å². The molecule has 8 heteroatoms. The summed E-state index contributed by atoms with van der Waals surface area (Å²) in [5, 5.41) is 4.79. The second kappa shape index (κ2) is 10.1. The van der Waals surface area contributed by atoms with E-state index in [1.165, 1.54) is 10.9 Å². The molecule has 3 aromatic rings. The minimum Gasteiger partial charge on any atom is -0.496 e. The summed E-state index contributed by atoms with van der Waals surface area (Å²) in [6.45, 7) is 4.61. The van der Waals surface area contributed by atoms with Crippen LogP contribution in [0.2, 0.25) is 5.02 Å². The van der Waals surface area contributed by atoms with Crippen LogP contribution in [0.25, 0.3) is 0 Å². The third-order valence-corrected chi connectivity index (χ3v) is 6.07. The van der Waals surface area contributed by atoms with E-state index in [-0.39, 0.29) is 12.6 Å². The lowest BCUT2D eigenvalue weighted by atomic mass is 10.1. The normalized spacial score (nSPS) is 11.9. The number of aromatic nitrogens is 1. The smallest absolute Gasteiger partial charge is 0.131 e. The van der Waals surface area contributed by atoms with Gasteiger partial charge in [-0.3, -0.25) is 0 Å². The molecule has 1 N–H and O–H groups in total. The number of aryl methyl sites for hydroxylation is 1. The van der Waals surface area contributed by atoms with Crippen molar-refractivity contribution in [2.24, 2.45) is 0 Å². The van der Waals surface area contributed by atoms with E-state index in [0.29, 0.717) is 34.4 Å². The fraction of sp³-hybridized carbons (Fsp3) is 0.318. The fourth-order valence-corrected chi connectivity index (χ4v) is 3.98. The van der Waals surface area contributed by atoms with E-state index in [2.05, 4.69) is 17.2 Å². The lowest BCUT2D eigenvalue weighted by Gasteiger charge is -2.18. The van der Waals surface area contributed by atoms with Gasteiger partial charge in [0.2, 0.25) is 0 Å². The number of rotatable bonds is 9. The molecule has 160 valence electrons. The van der Waals surface area contributed by atoms with Gasteiger partial charge in [-0.25, -0.2) is 9.37 Å². The van der Waals surface area contributed by atoms with Gasteiger partial charge in [0.05, 0.1) is 30.8 Å². The lowest BCUT2D eigenvalue weighted by Crippen LogP contribution is -2.19. The van der Waals surface area contributed by atoms with Crippen molar-refractivity contribution in [3.8, 4) is 17.2 Å². The van der Waals surface area contributed by atoms with Gasteiger partial charge in [-0.2, -0.15) is 0 Å². The Morgan fingerprint density at radius 3 is 2.43 bits per heavy atom. The highest BCUT2D eigenvalue weighted by molar-refractivity contribution is 7.11. The Hall–Kier alpha value is -2.35. The van der Waals surface area contributed by atoms with Crippen molar-refractivity contribution in [3.63, 3.8) is 0 Å². The molecule has 0 radical (unpaired) electrons. The highest BCUT2D eigenvalue weighted by Gasteiger charge is 2.17. The zero-order chi connectivity index (χ0) is 21.7. The fourth-order valence-electron chi connectivity index (χ4n) is 2.96. The van der Waals surface area contributed by atoms with Gasteiger partial charge in [0.25, 0.3) is 0 Å². The molecule has 3 rings (SSSR count). The van der Waals surface area contributed by atoms with E-state index < -0.39 is 5.82 Å². The summed E-state index contributed by atoms with van der Waals surface area (Å²) < 4.78 is 30.9. The summed E-state index contributed by atoms with van der Waals surface area (Å²) in [6, 6.07) is 8.13. The highest BCUT2D eigenvalue weighted by Crippen LogP contribution is 2.35. The van der Waals surface area contributed by atoms with Gasteiger partial charge in [0.15, 0.2) is 0 Å². The summed E-state index contributed by atoms with van der Waals surface area (Å²) in [5.41, 5.74) is 1.16. The van der Waals surface area contributed by atoms with Crippen LogP contribution in [-0.2, 0) is 13.2 Å². The second-order valence-electron chi connectivity index (χ2n) is 6.71. The molecule has 1 aromatic heterocycles. The molecule has 0 aliphatic carbocycles. The maximum atomic E-state index is 14.0. The quantitative estimate of drug-likeness (QED) is 0.453. The number of nitrogens with one attached hydrogen (secondary N) is 1. The van der Waals surface area contributed by atoms with Gasteiger partial charge >= 0.3 is 0 Å². The van der Waals surface area contributed by atoms with Gasteiger partial charge in [-0.05, 0) is 26.0 Å². The zero-order valence-electron chi connectivity index (χ0n) is 17.3. The Bertz CT molecular complexity index is 967. The number of ether oxygens (including phenoxy) is 3. The predicted molar refractivity (Wildman–Crippen MR) is 117 cm³/mol. The summed E-state index contributed by atoms with van der Waals surface area (Å²) >= 11 is 7.74. The van der Waals surface area contributed by atoms with Crippen molar-refractivity contribution >= 4 is 22.9 Å². The molecular formula is C22H24ClFN2O3S. The van der Waals surface area contributed by atoms with E-state index in [1.807, 2.05) is 13.1 Å². The molecule has 0 amide bonds. The molecule has 1 heterocycles. The van der Waals surface area contributed by atoms with Crippen LogP contribution < -0.4 is 19.5 Å². The van der Waals surface area contributed by atoms with Crippen LogP contribution in [0.4, 0.5) is 4.39 Å². The Balaban J connectivity index is 1.76. The number of benzene rings is 2. The molecule has 0 bridgehead atoms. The van der Waals surface area contributed by atoms with Gasteiger partial charge in [0, 0.05) is 35.3 Å². The Kier molecular flexibility index (Phi) is 7.53. The highest BCUT2D eigenvalue weighted by atomic mass is 35.5. The van der Waals surface area contributed by atoms with E-state index in [1.54, 1.807) is 49.8 Å². The van der Waals surface area contributed by atoms with Crippen molar-refractivity contribution < 1.29 is 18.6 Å². The minimum absolute atomic E-state index is 0.00412. The summed E-state index contributed by atoms with van der Waals surface area (Å²) in [5.74, 6) is 1.31. The van der Waals surface area contributed by atoms with Crippen LogP contribution in [0.15, 0.2) is 36.5 Å². The maximum absolute atomic E-state index is 14.0. The first-order valence-corrected chi connectivity index (χ1v) is 10.6. The summed E-state index contributed by atoms with van der Waals surface area (Å²) in [6.07, 6.45) is 1.87. The SMILES string of the molecule is COc1cc(OCc2c(F)cccc2Cl)cc(OC)c1CNC(C)c1ncc(C)s1. The monoisotopic (exact) mass is 450 g/mol. The van der Waals surface area contributed by atoms with Crippen LogP contribution in [0.3, 0.4) is 0 Å². The molecule has 0 fully saturated rings. The van der Waals surface area contributed by atoms with Crippen molar-refractivity contribution in [1.82, 2.24) is 10.3 Å². The number of thiazole rings is 1. The Labute approximate surface area is 184 Å². The third-order valence-electron chi connectivity index (χ3n) is 4.62. The molecule has 1 unspecified atom stereocenters. The average molecular weight is 451 g/mol. The van der Waals surface area contributed by atoms with E-state index in [0.717, 1.165) is 10.6 Å². The van der Waals surface area contributed by atoms with E-state index >= 15 is 0 Å². The molecule has 0 aliphatic heterocycles. The first-order valence-electron chi connectivity index (χ1n) is 9.39. The van der Waals surface area contributed by atoms with Crippen LogP contribution in [0, 0.1) is 12.7 Å². The van der Waals surface area contributed by atoms with Gasteiger partial charge < -0.3 is 19.5 Å². The standard InChI is InChI=1S/C22H24ClFN2O3S/c1-13-10-26-22(30-13)14(2)25-11-16-20(27-3)8-15(9-21(16)28-4)29-12-17-18(23)6-5-7-19(17)24/h5-10,14,25H,11-12H2,1-4H3. The van der Waals surface area contributed by atoms with E-state index in [4.69, 9.17) is 25.8 Å². The molecule has 1 atom stereocenters. The molecule has 2 aromatic carbocycles. The second-order valence-corrected chi connectivity index (χ2v) is 8.38. The molecule has 5 nitrogen and oxygen atoms in total. The summed E-state index contributed by atoms with van der Waals surface area (Å²) in [7, 11) is 3.17. The Morgan fingerprint density at radius 1 is 1.17 bits per heavy atom. The first-order chi connectivity index (χ1) is 14.4. The predicted octanol–water partition coefficient (Wildman–Crippen LogP) is 5.69. The average Bonchev–Trinajstić information content (AvgIpc) is 3.17. The molecule has 0 saturated carbocycles. The van der Waals surface area contributed by atoms with Crippen LogP contribution in [-0.4, -0.2) is 19.2 Å². The number of hydrogen-bond acceptors (Lipinski definition) is 6. The number of nitrogens with zero attached hydrogens (tertiary/aromatic N) is 1. The van der Waals surface area contributed by atoms with Gasteiger partial charge in [-0.1, -0.05) is 17.7 Å². The number of methoxy groups -OCH3 is 2. The lowest BCUT2D eigenvalue weighted by molar-refractivity contribution is 0.293. The van der Waals surface area contributed by atoms with Crippen LogP contribution in [0.5, 0.6) is 17.2 Å². The molecule has 0 spiro atoms. The molecule has 0 saturated heterocycles. The topological polar surface area (TPSA) is 52.6 Å². The first kappa shape index (κ1) is 22.3. The zero-order valence-corrected chi connectivity index (χ0v) is 18.9. The van der Waals surface area contributed by atoms with Crippen molar-refractivity contribution in [2.45, 2.75) is 33.0 Å². The molecular weight excluding hydrogens is 427 g/mol. The number of halogens is 2. The summed E-state index contributed by atoms with van der Waals surface area (Å²) in [4.78, 5) is 5.60. The van der Waals surface area contributed by atoms with Gasteiger partial charge in [0.1, 0.15) is 34.7 Å². The maximum Gasteiger partial charge on any atom is 0.131 e. The molecule has 0 aliphatic rings. The van der Waals surface area contributed by atoms with Crippen molar-refractivity contribution in [3.05, 3.63) is 68.4 Å². The van der Waals surface area contributed by atoms with Crippen molar-refractivity contribution in [1.29, 1.82) is 0 Å². The number of hydrogen-bond donors (Lipinski definition) is 1. The van der Waals surface area contributed by atoms with Crippen LogP contribution in [0.1, 0.15) is 34.0 Å². The Morgan fingerprint density at radius 2 is 1.87 bits per heavy atom. The largest absolute Gasteiger partial charge is 0.496 e. The van der Waals surface area contributed by atoms with E-state index in [9.17, 15) is 4.39 Å². The van der Waals surface area contributed by atoms with Crippen LogP contribution >= 0.6 is 22.9 Å². The minimum atomic E-state index is -0.409.